The highest BCUT2D eigenvalue weighted by atomic mass is 15.0. The van der Waals surface area contributed by atoms with Gasteiger partial charge in [0, 0.05) is 55.5 Å². The Labute approximate surface area is 359 Å². The molecule has 0 radical (unpaired) electrons. The van der Waals surface area contributed by atoms with E-state index in [-0.39, 0.29) is 0 Å². The molecule has 0 saturated heterocycles. The zero-order valence-electron chi connectivity index (χ0n) is 33.9. The highest BCUT2D eigenvalue weighted by Gasteiger charge is 2.22. The van der Waals surface area contributed by atoms with Crippen LogP contribution in [0.2, 0.25) is 0 Å². The smallest absolute Gasteiger partial charge is 0.164 e. The normalized spacial score (nSPS) is 12.3. The summed E-state index contributed by atoms with van der Waals surface area (Å²) in [4.78, 5) is 15.4. The minimum Gasteiger partial charge on any atom is -0.313 e. The molecule has 11 aromatic rings. The molecule has 1 aliphatic carbocycles. The van der Waals surface area contributed by atoms with Gasteiger partial charge in [-0.15, -0.1) is 0 Å². The third-order valence-corrected chi connectivity index (χ3v) is 12.2. The quantitative estimate of drug-likeness (QED) is 0.161. The number of nitrogens with zero attached hydrogens (tertiary/aromatic N) is 5. The summed E-state index contributed by atoms with van der Waals surface area (Å²) >= 11 is 0. The Bertz CT molecular complexity index is 3440. The summed E-state index contributed by atoms with van der Waals surface area (Å²) < 4.78 is 4.84. The van der Waals surface area contributed by atoms with Crippen molar-refractivity contribution in [3.63, 3.8) is 0 Å². The summed E-state index contributed by atoms with van der Waals surface area (Å²) in [7, 11) is 0. The average molecular weight is 794 g/mol. The van der Waals surface area contributed by atoms with Crippen molar-refractivity contribution in [1.29, 1.82) is 0 Å². The van der Waals surface area contributed by atoms with E-state index < -0.39 is 0 Å². The maximum atomic E-state index is 5.21. The summed E-state index contributed by atoms with van der Waals surface area (Å²) in [5.41, 5.74) is 15.8. The Hall–Kier alpha value is -8.15. The summed E-state index contributed by atoms with van der Waals surface area (Å²) in [5.74, 6) is 1.89. The number of fused-ring (bicyclic) bond motifs is 6. The van der Waals surface area contributed by atoms with E-state index >= 15 is 0 Å². The van der Waals surface area contributed by atoms with Crippen LogP contribution in [0.1, 0.15) is 17.7 Å². The van der Waals surface area contributed by atoms with Crippen LogP contribution in [0.5, 0.6) is 0 Å². The van der Waals surface area contributed by atoms with E-state index in [2.05, 4.69) is 185 Å². The Morgan fingerprint density at radius 2 is 0.903 bits per heavy atom. The van der Waals surface area contributed by atoms with Gasteiger partial charge in [-0.05, 0) is 89.7 Å². The first kappa shape index (κ1) is 35.8. The maximum Gasteiger partial charge on any atom is 0.164 e. The number of para-hydroxylation sites is 2. The van der Waals surface area contributed by atoms with Crippen LogP contribution in [0, 0.1) is 0 Å². The molecule has 0 spiro atoms. The highest BCUT2D eigenvalue weighted by Crippen LogP contribution is 2.41. The van der Waals surface area contributed by atoms with Gasteiger partial charge in [-0.2, -0.15) is 0 Å². The zero-order chi connectivity index (χ0) is 41.0. The molecule has 0 aliphatic heterocycles. The van der Waals surface area contributed by atoms with Crippen molar-refractivity contribution in [3.05, 3.63) is 218 Å². The third kappa shape index (κ3) is 6.05. The summed E-state index contributed by atoms with van der Waals surface area (Å²) in [6.45, 7) is 0. The Morgan fingerprint density at radius 3 is 1.58 bits per heavy atom. The van der Waals surface area contributed by atoms with Gasteiger partial charge in [0.2, 0.25) is 0 Å². The number of benzene rings is 8. The molecule has 0 bridgehead atoms. The summed E-state index contributed by atoms with van der Waals surface area (Å²) in [6, 6.07) is 71.0. The van der Waals surface area contributed by atoms with Crippen molar-refractivity contribution < 1.29 is 0 Å². The van der Waals surface area contributed by atoms with Crippen molar-refractivity contribution in [2.75, 3.05) is 0 Å². The first-order chi connectivity index (χ1) is 30.7. The van der Waals surface area contributed by atoms with Gasteiger partial charge in [0.15, 0.2) is 17.5 Å². The van der Waals surface area contributed by atoms with Crippen LogP contribution in [-0.4, -0.2) is 24.1 Å². The van der Waals surface area contributed by atoms with Crippen LogP contribution in [0.4, 0.5) is 0 Å². The second-order valence-corrected chi connectivity index (χ2v) is 15.9. The van der Waals surface area contributed by atoms with Gasteiger partial charge in [-0.1, -0.05) is 158 Å². The first-order valence-corrected chi connectivity index (χ1v) is 21.3. The third-order valence-electron chi connectivity index (χ3n) is 12.2. The fourth-order valence-electron chi connectivity index (χ4n) is 9.36. The van der Waals surface area contributed by atoms with Crippen LogP contribution in [0.15, 0.2) is 206 Å². The number of aromatic nitrogens is 5. The lowest BCUT2D eigenvalue weighted by atomic mass is 9.98. The van der Waals surface area contributed by atoms with Crippen molar-refractivity contribution >= 4 is 38.8 Å². The molecule has 292 valence electrons. The number of hydrogen-bond acceptors (Lipinski definition) is 3. The fourth-order valence-corrected chi connectivity index (χ4v) is 9.36. The number of allylic oxidation sites excluding steroid dienone is 1. The van der Waals surface area contributed by atoms with Gasteiger partial charge >= 0.3 is 0 Å². The molecule has 0 amide bonds. The maximum absolute atomic E-state index is 5.21. The average Bonchev–Trinajstić information content (AvgIpc) is 3.87. The molecule has 0 unspecified atom stereocenters. The molecular weight excluding hydrogens is 755 g/mol. The van der Waals surface area contributed by atoms with Crippen molar-refractivity contribution in [2.24, 2.45) is 0 Å². The first-order valence-electron chi connectivity index (χ1n) is 21.3. The lowest BCUT2D eigenvalue weighted by Gasteiger charge is -2.15. The molecule has 0 saturated carbocycles. The molecule has 3 heterocycles. The number of hydrogen-bond donors (Lipinski definition) is 0. The lowest BCUT2D eigenvalue weighted by molar-refractivity contribution is 0.888. The van der Waals surface area contributed by atoms with Crippen LogP contribution in [-0.2, 0) is 6.42 Å². The molecule has 8 aromatic carbocycles. The molecule has 5 nitrogen and oxygen atoms in total. The van der Waals surface area contributed by atoms with Crippen molar-refractivity contribution in [3.8, 4) is 67.8 Å². The minimum atomic E-state index is 0.620. The second-order valence-electron chi connectivity index (χ2n) is 15.9. The molecular formula is C57H39N5. The second kappa shape index (κ2) is 14.8. The predicted molar refractivity (Wildman–Crippen MR) is 256 cm³/mol. The van der Waals surface area contributed by atoms with Crippen LogP contribution >= 0.6 is 0 Å². The molecule has 3 aromatic heterocycles. The molecule has 1 aliphatic rings. The predicted octanol–water partition coefficient (Wildman–Crippen LogP) is 14.2. The SMILES string of the molecule is C1=Cc2c(n(-c3ccccc3)c3ccc(-c4ccc5c(c4)c4ccccc4n5-c4ccc(-c5ccccc5)c(-c5nc(-c6ccccc6)nc(-c6ccccc6)n5)c4)cc23)CC1. The fraction of sp³-hybridized carbons (Fsp3) is 0.0351. The van der Waals surface area contributed by atoms with Gasteiger partial charge in [0.05, 0.1) is 16.6 Å². The zero-order valence-corrected chi connectivity index (χ0v) is 33.9. The van der Waals surface area contributed by atoms with Gasteiger partial charge in [-0.3, -0.25) is 0 Å². The topological polar surface area (TPSA) is 48.5 Å². The van der Waals surface area contributed by atoms with Crippen LogP contribution in [0.3, 0.4) is 0 Å². The van der Waals surface area contributed by atoms with E-state index in [1.54, 1.807) is 0 Å². The molecule has 0 fully saturated rings. The van der Waals surface area contributed by atoms with E-state index in [0.29, 0.717) is 17.5 Å². The lowest BCUT2D eigenvalue weighted by Crippen LogP contribution is -2.02. The monoisotopic (exact) mass is 793 g/mol. The molecule has 0 N–H and O–H groups in total. The standard InChI is InChI=1S/C57H39N5/c1-5-17-38(18-6-1)45-32-31-44(37-50(45)57-59-55(39-19-7-2-8-20-39)58-56(60-57)40-21-9-3-10-22-40)62-52-28-16-14-26-47(52)49-36-42(30-34-54(49)62)41-29-33-53-48(35-41)46-25-13-15-27-51(46)61(53)43-23-11-4-12-24-43/h1-14,16-26,28-37H,15,27H2. The Kier molecular flexibility index (Phi) is 8.56. The van der Waals surface area contributed by atoms with Crippen LogP contribution < -0.4 is 0 Å². The van der Waals surface area contributed by atoms with E-state index in [9.17, 15) is 0 Å². The van der Waals surface area contributed by atoms with E-state index in [0.717, 1.165) is 57.4 Å². The largest absolute Gasteiger partial charge is 0.313 e. The van der Waals surface area contributed by atoms with E-state index in [1.165, 1.54) is 49.7 Å². The van der Waals surface area contributed by atoms with E-state index in [4.69, 9.17) is 15.0 Å². The summed E-state index contributed by atoms with van der Waals surface area (Å²) in [6.07, 6.45) is 6.72. The minimum absolute atomic E-state index is 0.620. The Morgan fingerprint density at radius 1 is 0.355 bits per heavy atom. The van der Waals surface area contributed by atoms with Gasteiger partial charge < -0.3 is 9.13 Å². The molecule has 0 atom stereocenters. The van der Waals surface area contributed by atoms with Gasteiger partial charge in [0.25, 0.3) is 0 Å². The van der Waals surface area contributed by atoms with E-state index in [1.807, 2.05) is 36.4 Å². The molecule has 5 heteroatoms. The number of rotatable bonds is 7. The van der Waals surface area contributed by atoms with Gasteiger partial charge in [0.1, 0.15) is 0 Å². The van der Waals surface area contributed by atoms with Gasteiger partial charge in [-0.25, -0.2) is 15.0 Å². The van der Waals surface area contributed by atoms with Crippen molar-refractivity contribution in [2.45, 2.75) is 12.8 Å². The van der Waals surface area contributed by atoms with Crippen molar-refractivity contribution in [1.82, 2.24) is 24.1 Å². The molecule has 12 rings (SSSR count). The summed E-state index contributed by atoms with van der Waals surface area (Å²) in [5, 5.41) is 3.69. The molecule has 62 heavy (non-hydrogen) atoms. The Balaban J connectivity index is 1.04. The van der Waals surface area contributed by atoms with Crippen LogP contribution in [0.25, 0.3) is 107 Å². The highest BCUT2D eigenvalue weighted by molar-refractivity contribution is 6.11.